The predicted molar refractivity (Wildman–Crippen MR) is 84.8 cm³/mol. The molecule has 1 heterocycles. The number of aliphatic carboxylic acids is 1. The molecule has 1 aliphatic rings. The van der Waals surface area contributed by atoms with Crippen LogP contribution in [0, 0.1) is 11.8 Å². The smallest absolute Gasteiger partial charge is 0.317 e. The molecule has 6 nitrogen and oxygen atoms in total. The Morgan fingerprint density at radius 2 is 2.00 bits per heavy atom. The van der Waals surface area contributed by atoms with Crippen LogP contribution in [0.2, 0.25) is 0 Å². The van der Waals surface area contributed by atoms with Crippen LogP contribution in [-0.2, 0) is 9.53 Å². The number of rotatable bonds is 7. The first kappa shape index (κ1) is 18.7. The summed E-state index contributed by atoms with van der Waals surface area (Å²) in [4.78, 5) is 24.5. The van der Waals surface area contributed by atoms with Gasteiger partial charge in [0, 0.05) is 26.2 Å². The number of nitrogens with zero attached hydrogens (tertiary/aromatic N) is 1. The van der Waals surface area contributed by atoms with Crippen molar-refractivity contribution in [2.24, 2.45) is 11.8 Å². The Kier molecular flexibility index (Phi) is 7.65. The molecule has 1 fully saturated rings. The van der Waals surface area contributed by atoms with Crippen molar-refractivity contribution in [1.29, 1.82) is 0 Å². The average molecular weight is 314 g/mol. The van der Waals surface area contributed by atoms with Crippen LogP contribution >= 0.6 is 0 Å². The highest BCUT2D eigenvalue weighted by molar-refractivity contribution is 5.76. The molecule has 0 bridgehead atoms. The topological polar surface area (TPSA) is 78.9 Å². The van der Waals surface area contributed by atoms with Gasteiger partial charge in [0.15, 0.2) is 0 Å². The summed E-state index contributed by atoms with van der Waals surface area (Å²) in [6, 6.07) is -0.0993. The van der Waals surface area contributed by atoms with E-state index < -0.39 is 11.9 Å². The fourth-order valence-corrected chi connectivity index (χ4v) is 2.96. The molecule has 0 radical (unpaired) electrons. The summed E-state index contributed by atoms with van der Waals surface area (Å²) in [6.45, 7) is 6.81. The highest BCUT2D eigenvalue weighted by atomic mass is 16.5. The number of ether oxygens (including phenoxy) is 1. The standard InChI is InChI=1S/C16H30N2O4/c1-5-12(6-2)14-9-13(7-8-22-14)17-16(21)18(4)10-11(3)15(19)20/h11-14H,5-10H2,1-4H3,(H,17,21)(H,19,20). The molecule has 0 spiro atoms. The maximum absolute atomic E-state index is 12.2. The van der Waals surface area contributed by atoms with E-state index in [4.69, 9.17) is 9.84 Å². The van der Waals surface area contributed by atoms with Gasteiger partial charge in [0.25, 0.3) is 0 Å². The van der Waals surface area contributed by atoms with E-state index in [2.05, 4.69) is 19.2 Å². The number of urea groups is 1. The summed E-state index contributed by atoms with van der Waals surface area (Å²) in [6.07, 6.45) is 4.01. The fourth-order valence-electron chi connectivity index (χ4n) is 2.96. The summed E-state index contributed by atoms with van der Waals surface area (Å²) in [7, 11) is 1.63. The maximum Gasteiger partial charge on any atom is 0.317 e. The van der Waals surface area contributed by atoms with Crippen LogP contribution in [0.3, 0.4) is 0 Å². The average Bonchev–Trinajstić information content (AvgIpc) is 2.48. The number of hydrogen-bond acceptors (Lipinski definition) is 3. The lowest BCUT2D eigenvalue weighted by Gasteiger charge is -2.35. The van der Waals surface area contributed by atoms with E-state index in [1.807, 2.05) is 0 Å². The third-order valence-corrected chi connectivity index (χ3v) is 4.53. The second-order valence-corrected chi connectivity index (χ2v) is 6.28. The lowest BCUT2D eigenvalue weighted by molar-refractivity contribution is -0.141. The second kappa shape index (κ2) is 8.98. The lowest BCUT2D eigenvalue weighted by Crippen LogP contribution is -2.49. The minimum atomic E-state index is -0.889. The van der Waals surface area contributed by atoms with Gasteiger partial charge in [-0.05, 0) is 18.8 Å². The molecule has 0 aromatic carbocycles. The molecular weight excluding hydrogens is 284 g/mol. The first-order valence-electron chi connectivity index (χ1n) is 8.25. The molecule has 2 amide bonds. The van der Waals surface area contributed by atoms with Gasteiger partial charge in [0.2, 0.25) is 0 Å². The van der Waals surface area contributed by atoms with Gasteiger partial charge in [-0.1, -0.05) is 33.6 Å². The highest BCUT2D eigenvalue weighted by Crippen LogP contribution is 2.25. The fraction of sp³-hybridized carbons (Fsp3) is 0.875. The molecule has 1 rings (SSSR count). The molecular formula is C16H30N2O4. The van der Waals surface area contributed by atoms with Crippen molar-refractivity contribution in [3.63, 3.8) is 0 Å². The van der Waals surface area contributed by atoms with Crippen LogP contribution in [0.15, 0.2) is 0 Å². The van der Waals surface area contributed by atoms with Crippen LogP contribution in [-0.4, -0.2) is 54.4 Å². The van der Waals surface area contributed by atoms with Crippen molar-refractivity contribution in [1.82, 2.24) is 10.2 Å². The molecule has 3 atom stereocenters. The van der Waals surface area contributed by atoms with Crippen LogP contribution in [0.1, 0.15) is 46.5 Å². The first-order valence-corrected chi connectivity index (χ1v) is 8.25. The van der Waals surface area contributed by atoms with Gasteiger partial charge in [0.1, 0.15) is 0 Å². The normalized spacial score (nSPS) is 23.1. The number of carbonyl (C=O) groups is 2. The number of amides is 2. The number of carboxylic acid groups (broad SMARTS) is 1. The second-order valence-electron chi connectivity index (χ2n) is 6.28. The third kappa shape index (κ3) is 5.48. The summed E-state index contributed by atoms with van der Waals surface area (Å²) in [5.41, 5.74) is 0. The summed E-state index contributed by atoms with van der Waals surface area (Å²) >= 11 is 0. The van der Waals surface area contributed by atoms with Crippen LogP contribution in [0.25, 0.3) is 0 Å². The Balaban J connectivity index is 2.48. The largest absolute Gasteiger partial charge is 0.481 e. The van der Waals surface area contributed by atoms with Crippen molar-refractivity contribution in [3.8, 4) is 0 Å². The Hall–Kier alpha value is -1.30. The van der Waals surface area contributed by atoms with Gasteiger partial charge in [-0.3, -0.25) is 4.79 Å². The molecule has 0 aromatic rings. The van der Waals surface area contributed by atoms with E-state index in [9.17, 15) is 9.59 Å². The predicted octanol–water partition coefficient (Wildman–Crippen LogP) is 2.33. The Morgan fingerprint density at radius 1 is 1.36 bits per heavy atom. The highest BCUT2D eigenvalue weighted by Gasteiger charge is 2.29. The lowest BCUT2D eigenvalue weighted by atomic mass is 9.89. The van der Waals surface area contributed by atoms with Crippen LogP contribution in [0.4, 0.5) is 4.79 Å². The number of nitrogens with one attached hydrogen (secondary N) is 1. The van der Waals surface area contributed by atoms with E-state index in [-0.39, 0.29) is 24.7 Å². The molecule has 1 saturated heterocycles. The van der Waals surface area contributed by atoms with Crippen LogP contribution < -0.4 is 5.32 Å². The summed E-state index contributed by atoms with van der Waals surface area (Å²) < 4.78 is 5.85. The van der Waals surface area contributed by atoms with Crippen molar-refractivity contribution < 1.29 is 19.4 Å². The molecule has 0 aliphatic carbocycles. The molecule has 0 saturated carbocycles. The monoisotopic (exact) mass is 314 g/mol. The minimum absolute atomic E-state index is 0.106. The van der Waals surface area contributed by atoms with Crippen LogP contribution in [0.5, 0.6) is 0 Å². The van der Waals surface area contributed by atoms with Gasteiger partial charge >= 0.3 is 12.0 Å². The van der Waals surface area contributed by atoms with E-state index in [0.29, 0.717) is 12.5 Å². The minimum Gasteiger partial charge on any atom is -0.481 e. The molecule has 128 valence electrons. The molecule has 0 aromatic heterocycles. The SMILES string of the molecule is CCC(CC)C1CC(NC(=O)N(C)CC(C)C(=O)O)CCO1. The van der Waals surface area contributed by atoms with Gasteiger partial charge in [0.05, 0.1) is 12.0 Å². The van der Waals surface area contributed by atoms with Crippen molar-refractivity contribution in [2.45, 2.75) is 58.6 Å². The number of carboxylic acids is 1. The zero-order valence-electron chi connectivity index (χ0n) is 14.2. The molecule has 22 heavy (non-hydrogen) atoms. The van der Waals surface area contributed by atoms with Crippen molar-refractivity contribution in [3.05, 3.63) is 0 Å². The van der Waals surface area contributed by atoms with E-state index in [0.717, 1.165) is 25.7 Å². The van der Waals surface area contributed by atoms with E-state index >= 15 is 0 Å². The maximum atomic E-state index is 12.2. The number of hydrogen-bond donors (Lipinski definition) is 2. The summed E-state index contributed by atoms with van der Waals surface area (Å²) in [5, 5.41) is 11.9. The molecule has 3 unspecified atom stereocenters. The van der Waals surface area contributed by atoms with Crippen molar-refractivity contribution in [2.75, 3.05) is 20.2 Å². The first-order chi connectivity index (χ1) is 10.4. The Labute approximate surface area is 133 Å². The summed E-state index contributed by atoms with van der Waals surface area (Å²) in [5.74, 6) is -0.924. The Bertz CT molecular complexity index is 371. The van der Waals surface area contributed by atoms with E-state index in [1.54, 1.807) is 14.0 Å². The van der Waals surface area contributed by atoms with Gasteiger partial charge in [-0.25, -0.2) is 4.79 Å². The van der Waals surface area contributed by atoms with Gasteiger partial charge in [-0.15, -0.1) is 0 Å². The molecule has 2 N–H and O–H groups in total. The number of carbonyl (C=O) groups excluding carboxylic acids is 1. The zero-order valence-corrected chi connectivity index (χ0v) is 14.2. The Morgan fingerprint density at radius 3 is 2.55 bits per heavy atom. The van der Waals surface area contributed by atoms with Gasteiger partial charge < -0.3 is 20.1 Å². The van der Waals surface area contributed by atoms with E-state index in [1.165, 1.54) is 4.90 Å². The molecule has 6 heteroatoms. The van der Waals surface area contributed by atoms with Gasteiger partial charge in [-0.2, -0.15) is 0 Å². The third-order valence-electron chi connectivity index (χ3n) is 4.53. The van der Waals surface area contributed by atoms with Crippen molar-refractivity contribution >= 4 is 12.0 Å². The molecule has 1 aliphatic heterocycles. The quantitative estimate of drug-likeness (QED) is 0.756. The zero-order chi connectivity index (χ0) is 16.7.